The van der Waals surface area contributed by atoms with E-state index < -0.39 is 11.9 Å². The third-order valence-corrected chi connectivity index (χ3v) is 3.60. The van der Waals surface area contributed by atoms with Gasteiger partial charge in [0.2, 0.25) is 0 Å². The molecule has 4 nitrogen and oxygen atoms in total. The molecule has 0 radical (unpaired) electrons. The van der Waals surface area contributed by atoms with E-state index >= 15 is 0 Å². The van der Waals surface area contributed by atoms with Gasteiger partial charge in [-0.05, 0) is 39.0 Å². The molecule has 0 aliphatic rings. The van der Waals surface area contributed by atoms with Crippen LogP contribution >= 0.6 is 0 Å². The van der Waals surface area contributed by atoms with E-state index in [1.807, 2.05) is 32.0 Å². The van der Waals surface area contributed by atoms with Gasteiger partial charge in [0.05, 0.1) is 11.9 Å². The number of halogens is 3. The highest BCUT2D eigenvalue weighted by molar-refractivity contribution is 5.81. The zero-order valence-electron chi connectivity index (χ0n) is 13.4. The van der Waals surface area contributed by atoms with Crippen LogP contribution in [-0.2, 0) is 12.6 Å². The Morgan fingerprint density at radius 1 is 0.875 bits per heavy atom. The minimum absolute atomic E-state index is 0.0510. The number of rotatable bonds is 2. The number of alkyl halides is 3. The molecule has 0 spiro atoms. The number of nitrogens with zero attached hydrogens (tertiary/aromatic N) is 4. The van der Waals surface area contributed by atoms with E-state index in [-0.39, 0.29) is 17.9 Å². The maximum Gasteiger partial charge on any atom is 0.433 e. The second-order valence-corrected chi connectivity index (χ2v) is 5.73. The van der Waals surface area contributed by atoms with Gasteiger partial charge in [0.15, 0.2) is 0 Å². The van der Waals surface area contributed by atoms with Crippen molar-refractivity contribution in [2.45, 2.75) is 33.4 Å². The lowest BCUT2D eigenvalue weighted by atomic mass is 10.1. The number of hydrogen-bond acceptors (Lipinski definition) is 4. The first-order valence-electron chi connectivity index (χ1n) is 7.38. The first-order chi connectivity index (χ1) is 11.2. The van der Waals surface area contributed by atoms with Crippen molar-refractivity contribution < 1.29 is 13.2 Å². The summed E-state index contributed by atoms with van der Waals surface area (Å²) < 4.78 is 38.6. The number of aryl methyl sites for hydroxylation is 3. The van der Waals surface area contributed by atoms with Crippen molar-refractivity contribution in [1.29, 1.82) is 0 Å². The number of hydrogen-bond donors (Lipinski definition) is 0. The van der Waals surface area contributed by atoms with E-state index in [1.165, 1.54) is 6.92 Å². The summed E-state index contributed by atoms with van der Waals surface area (Å²) in [7, 11) is 0. The van der Waals surface area contributed by atoms with E-state index in [1.54, 1.807) is 0 Å². The van der Waals surface area contributed by atoms with Gasteiger partial charge in [0.1, 0.15) is 17.3 Å². The summed E-state index contributed by atoms with van der Waals surface area (Å²) in [6, 6.07) is 6.72. The van der Waals surface area contributed by atoms with Crippen molar-refractivity contribution >= 4 is 10.9 Å². The molecule has 0 unspecified atom stereocenters. The Bertz CT molecular complexity index is 920. The van der Waals surface area contributed by atoms with Crippen LogP contribution in [-0.4, -0.2) is 19.9 Å². The van der Waals surface area contributed by atoms with Crippen LogP contribution in [0, 0.1) is 20.8 Å². The van der Waals surface area contributed by atoms with Gasteiger partial charge in [-0.3, -0.25) is 0 Å². The van der Waals surface area contributed by atoms with Crippen LogP contribution in [0.25, 0.3) is 10.9 Å². The lowest BCUT2D eigenvalue weighted by molar-refractivity contribution is -0.141. The molecule has 3 rings (SSSR count). The van der Waals surface area contributed by atoms with Gasteiger partial charge < -0.3 is 0 Å². The zero-order valence-corrected chi connectivity index (χ0v) is 13.4. The number of fused-ring (bicyclic) bond motifs is 1. The van der Waals surface area contributed by atoms with Crippen molar-refractivity contribution in [3.63, 3.8) is 0 Å². The summed E-state index contributed by atoms with van der Waals surface area (Å²) in [4.78, 5) is 16.5. The van der Waals surface area contributed by atoms with Crippen molar-refractivity contribution in [1.82, 2.24) is 19.9 Å². The maximum absolute atomic E-state index is 12.9. The normalized spacial score (nSPS) is 11.9. The molecule has 7 heteroatoms. The molecule has 0 atom stereocenters. The topological polar surface area (TPSA) is 51.6 Å². The third kappa shape index (κ3) is 3.34. The number of aromatic nitrogens is 4. The van der Waals surface area contributed by atoms with Gasteiger partial charge in [-0.25, -0.2) is 19.9 Å². The molecule has 0 aliphatic carbocycles. The van der Waals surface area contributed by atoms with Crippen LogP contribution in [0.2, 0.25) is 0 Å². The predicted octanol–water partition coefficient (Wildman–Crippen LogP) is 3.95. The summed E-state index contributed by atoms with van der Waals surface area (Å²) in [6.45, 7) is 5.34. The van der Waals surface area contributed by atoms with Crippen LogP contribution in [0.1, 0.15) is 34.3 Å². The smallest absolute Gasteiger partial charge is 0.238 e. The molecule has 24 heavy (non-hydrogen) atoms. The lowest BCUT2D eigenvalue weighted by Crippen LogP contribution is -2.13. The Labute approximate surface area is 136 Å². The molecule has 0 saturated carbocycles. The van der Waals surface area contributed by atoms with Crippen LogP contribution in [0.4, 0.5) is 13.2 Å². The van der Waals surface area contributed by atoms with E-state index in [4.69, 9.17) is 0 Å². The van der Waals surface area contributed by atoms with Crippen molar-refractivity contribution in [2.75, 3.05) is 0 Å². The average molecular weight is 332 g/mol. The molecule has 0 fully saturated rings. The first-order valence-corrected chi connectivity index (χ1v) is 7.38. The second-order valence-electron chi connectivity index (χ2n) is 5.73. The molecule has 1 aromatic carbocycles. The Morgan fingerprint density at radius 3 is 2.29 bits per heavy atom. The Balaban J connectivity index is 2.01. The fourth-order valence-electron chi connectivity index (χ4n) is 2.53. The highest BCUT2D eigenvalue weighted by atomic mass is 19.4. The van der Waals surface area contributed by atoms with Gasteiger partial charge in [-0.15, -0.1) is 0 Å². The standard InChI is InChI=1S/C17H15F3N4/c1-9-4-5-13-12(6-9)11(3)22-16(23-13)8-15-21-10(2)7-14(24-15)17(18,19)20/h4-7H,8H2,1-3H3. The minimum atomic E-state index is -4.50. The summed E-state index contributed by atoms with van der Waals surface area (Å²) in [5, 5.41) is 0.930. The van der Waals surface area contributed by atoms with Crippen LogP contribution in [0.5, 0.6) is 0 Å². The molecule has 0 saturated heterocycles. The Morgan fingerprint density at radius 2 is 1.58 bits per heavy atom. The molecule has 0 bridgehead atoms. The minimum Gasteiger partial charge on any atom is -0.238 e. The summed E-state index contributed by atoms with van der Waals surface area (Å²) >= 11 is 0. The molecular weight excluding hydrogens is 317 g/mol. The van der Waals surface area contributed by atoms with E-state index in [2.05, 4.69) is 19.9 Å². The van der Waals surface area contributed by atoms with Crippen LogP contribution in [0.3, 0.4) is 0 Å². The van der Waals surface area contributed by atoms with Gasteiger partial charge in [0.25, 0.3) is 0 Å². The SMILES string of the molecule is Cc1ccc2nc(Cc3nc(C)cc(C(F)(F)F)n3)nc(C)c2c1. The molecule has 3 aromatic rings. The van der Waals surface area contributed by atoms with E-state index in [9.17, 15) is 13.2 Å². The van der Waals surface area contributed by atoms with Crippen molar-refractivity contribution in [3.8, 4) is 0 Å². The molecule has 0 N–H and O–H groups in total. The third-order valence-electron chi connectivity index (χ3n) is 3.60. The zero-order chi connectivity index (χ0) is 17.5. The first kappa shape index (κ1) is 16.3. The van der Waals surface area contributed by atoms with Crippen LogP contribution in [0.15, 0.2) is 24.3 Å². The van der Waals surface area contributed by atoms with E-state index in [0.29, 0.717) is 5.82 Å². The Kier molecular flexibility index (Phi) is 3.95. The van der Waals surface area contributed by atoms with Gasteiger partial charge >= 0.3 is 6.18 Å². The summed E-state index contributed by atoms with van der Waals surface area (Å²) in [5.41, 5.74) is 1.95. The summed E-state index contributed by atoms with van der Waals surface area (Å²) in [6.07, 6.45) is -4.45. The fraction of sp³-hybridized carbons (Fsp3) is 0.294. The van der Waals surface area contributed by atoms with E-state index in [0.717, 1.165) is 28.2 Å². The highest BCUT2D eigenvalue weighted by Crippen LogP contribution is 2.28. The monoisotopic (exact) mass is 332 g/mol. The number of benzene rings is 1. The van der Waals surface area contributed by atoms with Gasteiger partial charge in [0, 0.05) is 16.8 Å². The molecular formula is C17H15F3N4. The van der Waals surface area contributed by atoms with Gasteiger partial charge in [-0.2, -0.15) is 13.2 Å². The average Bonchev–Trinajstić information content (AvgIpc) is 2.46. The molecule has 2 aromatic heterocycles. The molecule has 0 aliphatic heterocycles. The van der Waals surface area contributed by atoms with Crippen molar-refractivity contribution in [2.24, 2.45) is 0 Å². The molecule has 0 amide bonds. The highest BCUT2D eigenvalue weighted by Gasteiger charge is 2.33. The summed E-state index contributed by atoms with van der Waals surface area (Å²) in [5.74, 6) is 0.468. The predicted molar refractivity (Wildman–Crippen MR) is 83.6 cm³/mol. The lowest BCUT2D eigenvalue weighted by Gasteiger charge is -2.09. The quantitative estimate of drug-likeness (QED) is 0.713. The molecule has 124 valence electrons. The molecule has 2 heterocycles. The fourth-order valence-corrected chi connectivity index (χ4v) is 2.53. The maximum atomic E-state index is 12.9. The van der Waals surface area contributed by atoms with Gasteiger partial charge in [-0.1, -0.05) is 11.6 Å². The second kappa shape index (κ2) is 5.81. The van der Waals surface area contributed by atoms with Crippen molar-refractivity contribution in [3.05, 3.63) is 58.6 Å². The Hall–Kier alpha value is -2.57. The largest absolute Gasteiger partial charge is 0.433 e. The van der Waals surface area contributed by atoms with Crippen LogP contribution < -0.4 is 0 Å².